The zero-order chi connectivity index (χ0) is 23.1. The molecule has 2 aromatic carbocycles. The minimum atomic E-state index is -0.529. The van der Waals surface area contributed by atoms with Gasteiger partial charge in [0.25, 0.3) is 5.56 Å². The van der Waals surface area contributed by atoms with Crippen molar-refractivity contribution in [1.29, 1.82) is 0 Å². The van der Waals surface area contributed by atoms with Crippen LogP contribution in [0.2, 0.25) is 0 Å². The van der Waals surface area contributed by atoms with E-state index in [1.54, 1.807) is 50.6 Å². The number of nitrogens with zero attached hydrogens (tertiary/aromatic N) is 2. The molecule has 0 aliphatic heterocycles. The molecule has 170 valence electrons. The number of benzene rings is 2. The fourth-order valence-electron chi connectivity index (χ4n) is 3.57. The van der Waals surface area contributed by atoms with E-state index in [4.69, 9.17) is 14.2 Å². The number of aromatic nitrogens is 2. The molecule has 0 fully saturated rings. The van der Waals surface area contributed by atoms with Crippen LogP contribution in [0.1, 0.15) is 12.0 Å². The van der Waals surface area contributed by atoms with Gasteiger partial charge in [0, 0.05) is 32.4 Å². The standard InChI is InChI=1S/C23H27N3O6/c1-30-13-7-12-25-22(28)17-9-4-5-10-18(17)26(23(25)29)15-20(27)24-14-16-8-6-11-19(31-2)21(16)32-3/h4-6,8-11H,7,12-15H2,1-3H3,(H,24,27). The highest BCUT2D eigenvalue weighted by atomic mass is 16.5. The molecular formula is C23H27N3O6. The number of hydrogen-bond acceptors (Lipinski definition) is 6. The summed E-state index contributed by atoms with van der Waals surface area (Å²) in [5, 5.41) is 3.19. The second-order valence-corrected chi connectivity index (χ2v) is 7.12. The number of amides is 1. The minimum absolute atomic E-state index is 0.194. The summed E-state index contributed by atoms with van der Waals surface area (Å²) >= 11 is 0. The normalized spacial score (nSPS) is 10.8. The number of methoxy groups -OCH3 is 3. The molecule has 3 rings (SSSR count). The summed E-state index contributed by atoms with van der Waals surface area (Å²) in [7, 11) is 4.63. The molecule has 0 aliphatic rings. The Kier molecular flexibility index (Phi) is 7.67. The van der Waals surface area contributed by atoms with Crippen molar-refractivity contribution in [2.75, 3.05) is 27.9 Å². The molecule has 0 radical (unpaired) electrons. The molecule has 0 aliphatic carbocycles. The summed E-state index contributed by atoms with van der Waals surface area (Å²) in [6.07, 6.45) is 0.506. The topological polar surface area (TPSA) is 101 Å². The number of ether oxygens (including phenoxy) is 3. The van der Waals surface area contributed by atoms with Crippen LogP contribution in [0.3, 0.4) is 0 Å². The van der Waals surface area contributed by atoms with E-state index in [1.165, 1.54) is 11.7 Å². The largest absolute Gasteiger partial charge is 0.493 e. The van der Waals surface area contributed by atoms with E-state index in [0.29, 0.717) is 35.4 Å². The Morgan fingerprint density at radius 2 is 1.75 bits per heavy atom. The zero-order valence-electron chi connectivity index (χ0n) is 18.4. The second-order valence-electron chi connectivity index (χ2n) is 7.12. The lowest BCUT2D eigenvalue weighted by Gasteiger charge is -2.15. The maximum Gasteiger partial charge on any atom is 0.331 e. The molecule has 0 spiro atoms. The molecular weight excluding hydrogens is 414 g/mol. The number of carbonyl (C=O) groups excluding carboxylic acids is 1. The van der Waals surface area contributed by atoms with Gasteiger partial charge in [0.2, 0.25) is 5.91 Å². The van der Waals surface area contributed by atoms with Crippen LogP contribution in [0, 0.1) is 0 Å². The molecule has 9 heteroatoms. The number of rotatable bonds is 10. The summed E-state index contributed by atoms with van der Waals surface area (Å²) in [4.78, 5) is 38.6. The van der Waals surface area contributed by atoms with Gasteiger partial charge in [-0.25, -0.2) is 4.79 Å². The molecule has 9 nitrogen and oxygen atoms in total. The highest BCUT2D eigenvalue weighted by Crippen LogP contribution is 2.30. The first kappa shape index (κ1) is 23.1. The van der Waals surface area contributed by atoms with Crippen LogP contribution in [-0.4, -0.2) is 43.0 Å². The van der Waals surface area contributed by atoms with Gasteiger partial charge in [0.05, 0.1) is 25.1 Å². The number of nitrogens with one attached hydrogen (secondary N) is 1. The summed E-state index contributed by atoms with van der Waals surface area (Å²) in [6.45, 7) is 0.593. The van der Waals surface area contributed by atoms with E-state index >= 15 is 0 Å². The fourth-order valence-corrected chi connectivity index (χ4v) is 3.57. The first-order valence-corrected chi connectivity index (χ1v) is 10.2. The van der Waals surface area contributed by atoms with Crippen LogP contribution in [0.15, 0.2) is 52.1 Å². The first-order valence-electron chi connectivity index (χ1n) is 10.2. The molecule has 0 bridgehead atoms. The minimum Gasteiger partial charge on any atom is -0.493 e. The Labute approximate surface area is 185 Å². The molecule has 1 heterocycles. The van der Waals surface area contributed by atoms with Gasteiger partial charge >= 0.3 is 5.69 Å². The molecule has 1 aromatic heterocycles. The SMILES string of the molecule is COCCCn1c(=O)c2ccccc2n(CC(=O)NCc2cccc(OC)c2OC)c1=O. The molecule has 1 N–H and O–H groups in total. The van der Waals surface area contributed by atoms with E-state index in [1.807, 2.05) is 6.07 Å². The van der Waals surface area contributed by atoms with Gasteiger partial charge in [-0.1, -0.05) is 24.3 Å². The Bertz CT molecular complexity index is 1210. The van der Waals surface area contributed by atoms with Gasteiger partial charge in [-0.3, -0.25) is 18.7 Å². The molecule has 0 unspecified atom stereocenters. The van der Waals surface area contributed by atoms with Gasteiger partial charge in [-0.05, 0) is 24.6 Å². The van der Waals surface area contributed by atoms with Crippen molar-refractivity contribution in [2.45, 2.75) is 26.1 Å². The van der Waals surface area contributed by atoms with Crippen LogP contribution in [0.4, 0.5) is 0 Å². The maximum atomic E-state index is 13.1. The van der Waals surface area contributed by atoms with Crippen molar-refractivity contribution in [3.63, 3.8) is 0 Å². The molecule has 32 heavy (non-hydrogen) atoms. The van der Waals surface area contributed by atoms with Crippen molar-refractivity contribution < 1.29 is 19.0 Å². The third-order valence-electron chi connectivity index (χ3n) is 5.12. The summed E-state index contributed by atoms with van der Waals surface area (Å²) in [5.74, 6) is 0.721. The molecule has 1 amide bonds. The van der Waals surface area contributed by atoms with Gasteiger partial charge in [-0.2, -0.15) is 0 Å². The van der Waals surface area contributed by atoms with Crippen molar-refractivity contribution in [3.05, 3.63) is 68.9 Å². The molecule has 3 aromatic rings. The lowest BCUT2D eigenvalue weighted by molar-refractivity contribution is -0.121. The third-order valence-corrected chi connectivity index (χ3v) is 5.12. The Morgan fingerprint density at radius 3 is 2.47 bits per heavy atom. The summed E-state index contributed by atoms with van der Waals surface area (Å²) in [5.41, 5.74) is 0.250. The second kappa shape index (κ2) is 10.6. The molecule has 0 saturated heterocycles. The van der Waals surface area contributed by atoms with Crippen LogP contribution in [-0.2, 0) is 29.2 Å². The molecule has 0 saturated carbocycles. The first-order chi connectivity index (χ1) is 15.5. The maximum absolute atomic E-state index is 13.1. The number of para-hydroxylation sites is 2. The Balaban J connectivity index is 1.88. The average Bonchev–Trinajstić information content (AvgIpc) is 2.82. The zero-order valence-corrected chi connectivity index (χ0v) is 18.4. The smallest absolute Gasteiger partial charge is 0.331 e. The molecule has 0 atom stereocenters. The van der Waals surface area contributed by atoms with E-state index < -0.39 is 5.69 Å². The lowest BCUT2D eigenvalue weighted by atomic mass is 10.2. The third kappa shape index (κ3) is 4.83. The quantitative estimate of drug-likeness (QED) is 0.479. The van der Waals surface area contributed by atoms with Crippen molar-refractivity contribution in [2.24, 2.45) is 0 Å². The van der Waals surface area contributed by atoms with Gasteiger partial charge in [0.1, 0.15) is 6.54 Å². The number of hydrogen-bond donors (Lipinski definition) is 1. The predicted molar refractivity (Wildman–Crippen MR) is 120 cm³/mol. The Morgan fingerprint density at radius 1 is 0.969 bits per heavy atom. The van der Waals surface area contributed by atoms with Crippen molar-refractivity contribution in [3.8, 4) is 11.5 Å². The summed E-state index contributed by atoms with van der Waals surface area (Å²) < 4.78 is 18.2. The fraction of sp³-hybridized carbons (Fsp3) is 0.348. The van der Waals surface area contributed by atoms with Crippen LogP contribution < -0.4 is 26.0 Å². The van der Waals surface area contributed by atoms with Crippen LogP contribution in [0.5, 0.6) is 11.5 Å². The van der Waals surface area contributed by atoms with Crippen LogP contribution in [0.25, 0.3) is 10.9 Å². The highest BCUT2D eigenvalue weighted by Gasteiger charge is 2.16. The van der Waals surface area contributed by atoms with E-state index in [2.05, 4.69) is 5.32 Å². The predicted octanol–water partition coefficient (Wildman–Crippen LogP) is 1.53. The van der Waals surface area contributed by atoms with E-state index in [9.17, 15) is 14.4 Å². The number of fused-ring (bicyclic) bond motifs is 1. The van der Waals surface area contributed by atoms with Gasteiger partial charge < -0.3 is 19.5 Å². The lowest BCUT2D eigenvalue weighted by Crippen LogP contribution is -2.42. The van der Waals surface area contributed by atoms with Crippen molar-refractivity contribution >= 4 is 16.8 Å². The van der Waals surface area contributed by atoms with Gasteiger partial charge in [0.15, 0.2) is 11.5 Å². The Hall–Kier alpha value is -3.59. The van der Waals surface area contributed by atoms with E-state index in [-0.39, 0.29) is 31.1 Å². The van der Waals surface area contributed by atoms with Gasteiger partial charge in [-0.15, -0.1) is 0 Å². The average molecular weight is 441 g/mol. The van der Waals surface area contributed by atoms with E-state index in [0.717, 1.165) is 10.1 Å². The summed E-state index contributed by atoms with van der Waals surface area (Å²) in [6, 6.07) is 12.2. The number of carbonyl (C=O) groups is 1. The highest BCUT2D eigenvalue weighted by molar-refractivity contribution is 5.81. The van der Waals surface area contributed by atoms with Crippen LogP contribution >= 0.6 is 0 Å². The monoisotopic (exact) mass is 441 g/mol. The van der Waals surface area contributed by atoms with Crippen molar-refractivity contribution in [1.82, 2.24) is 14.5 Å².